The molecule has 0 unspecified atom stereocenters. The second kappa shape index (κ2) is 16.1. The van der Waals surface area contributed by atoms with Crippen molar-refractivity contribution in [2.45, 2.75) is 139 Å². The summed E-state index contributed by atoms with van der Waals surface area (Å²) in [7, 11) is 0. The molecule has 0 aliphatic heterocycles. The summed E-state index contributed by atoms with van der Waals surface area (Å²) in [4.78, 5) is 16.3. The molecule has 1 aromatic heterocycles. The number of benzene rings is 3. The molecule has 1 heterocycles. The minimum absolute atomic E-state index is 0. The van der Waals surface area contributed by atoms with Crippen molar-refractivity contribution < 1.29 is 30.0 Å². The van der Waals surface area contributed by atoms with E-state index in [1.54, 1.807) is 0 Å². The molecule has 1 radical (unpaired) electrons. The molecule has 1 spiro atoms. The molecule has 6 rings (SSSR count). The van der Waals surface area contributed by atoms with Crippen LogP contribution in [0.5, 0.6) is 0 Å². The molecule has 2 aliphatic carbocycles. The van der Waals surface area contributed by atoms with E-state index in [4.69, 9.17) is 4.98 Å². The first-order valence-electron chi connectivity index (χ1n) is 19.2. The zero-order valence-electron chi connectivity index (χ0n) is 33.2. The first-order valence-corrected chi connectivity index (χ1v) is 19.2. The summed E-state index contributed by atoms with van der Waals surface area (Å²) in [5.74, 6) is 0.771. The first-order chi connectivity index (χ1) is 23.4. The third-order valence-corrected chi connectivity index (χ3v) is 11.7. The van der Waals surface area contributed by atoms with Crippen molar-refractivity contribution in [3.8, 4) is 11.3 Å². The monoisotopic (exact) mass is 865 g/mol. The van der Waals surface area contributed by atoms with Gasteiger partial charge in [0, 0.05) is 49.1 Å². The molecule has 51 heavy (non-hydrogen) atoms. The van der Waals surface area contributed by atoms with Gasteiger partial charge in [-0.3, -0.25) is 9.78 Å². The molecular weight excluding hydrogens is 803 g/mol. The molecule has 0 saturated heterocycles. The number of aliphatic hydroxyl groups excluding tert-OH is 1. The van der Waals surface area contributed by atoms with Gasteiger partial charge in [-0.2, -0.15) is 0 Å². The molecule has 2 aliphatic rings. The molecule has 0 atom stereocenters. The Morgan fingerprint density at radius 1 is 0.902 bits per heavy atom. The molecule has 4 heteroatoms. The third-order valence-electron chi connectivity index (χ3n) is 11.7. The van der Waals surface area contributed by atoms with E-state index >= 15 is 0 Å². The van der Waals surface area contributed by atoms with Gasteiger partial charge in [0.15, 0.2) is 5.78 Å². The summed E-state index contributed by atoms with van der Waals surface area (Å²) in [5, 5.41) is 13.1. The largest absolute Gasteiger partial charge is 0.512 e. The topological polar surface area (TPSA) is 50.2 Å². The van der Waals surface area contributed by atoms with Crippen LogP contribution in [0.1, 0.15) is 142 Å². The first kappa shape index (κ1) is 41.0. The standard InChI is InChI=1S/C38H46N.C9H16O2.Ir/c1-25-20-26(2)35-31(27-12-14-38(15-13-27)18-16-37(6,7)17-19-38)24-33(39-34(35)21-25)29-22-28-10-8-9-11-30(28)32(23-29)36(3,4)5;1-6(2)8(10)5-9(11)7(3)4;/h8-11,20-21,23-24,27H,12-19H2,1-7H3;5-7,10H,1-4H3;/q-1;;/b;8-5-;. The van der Waals surface area contributed by atoms with E-state index in [9.17, 15) is 9.90 Å². The minimum Gasteiger partial charge on any atom is -0.512 e. The Morgan fingerprint density at radius 3 is 2.12 bits per heavy atom. The van der Waals surface area contributed by atoms with E-state index in [2.05, 4.69) is 103 Å². The Kier molecular flexibility index (Phi) is 12.9. The number of pyridine rings is 1. The van der Waals surface area contributed by atoms with Crippen molar-refractivity contribution in [3.05, 3.63) is 88.7 Å². The van der Waals surface area contributed by atoms with Crippen molar-refractivity contribution in [1.82, 2.24) is 4.98 Å². The van der Waals surface area contributed by atoms with E-state index in [0.717, 1.165) is 16.8 Å². The molecule has 0 amide bonds. The number of hydrogen-bond acceptors (Lipinski definition) is 3. The van der Waals surface area contributed by atoms with Crippen LogP contribution < -0.4 is 0 Å². The van der Waals surface area contributed by atoms with Crippen molar-refractivity contribution >= 4 is 27.5 Å². The summed E-state index contributed by atoms with van der Waals surface area (Å²) >= 11 is 0. The molecule has 0 bridgehead atoms. The van der Waals surface area contributed by atoms with Crippen molar-refractivity contribution in [3.63, 3.8) is 0 Å². The predicted molar refractivity (Wildman–Crippen MR) is 213 cm³/mol. The number of aryl methyl sites for hydroxylation is 2. The maximum atomic E-state index is 11.0. The number of allylic oxidation sites excluding steroid dienone is 2. The Morgan fingerprint density at radius 2 is 1.53 bits per heavy atom. The van der Waals surface area contributed by atoms with Crippen molar-refractivity contribution in [2.75, 3.05) is 0 Å². The van der Waals surface area contributed by atoms with Gasteiger partial charge >= 0.3 is 0 Å². The van der Waals surface area contributed by atoms with Crippen LogP contribution in [-0.2, 0) is 30.3 Å². The fourth-order valence-electron chi connectivity index (χ4n) is 8.22. The van der Waals surface area contributed by atoms with Crippen molar-refractivity contribution in [2.24, 2.45) is 22.7 Å². The summed E-state index contributed by atoms with van der Waals surface area (Å²) in [6, 6.07) is 22.0. The van der Waals surface area contributed by atoms with E-state index < -0.39 is 0 Å². The van der Waals surface area contributed by atoms with Crippen LogP contribution in [0.4, 0.5) is 0 Å². The van der Waals surface area contributed by atoms with E-state index in [1.165, 1.54) is 95.9 Å². The van der Waals surface area contributed by atoms with Crippen LogP contribution in [0.2, 0.25) is 0 Å². The van der Waals surface area contributed by atoms with Gasteiger partial charge < -0.3 is 5.11 Å². The number of carbonyl (C=O) groups excluding carboxylic acids is 1. The number of aliphatic hydroxyl groups is 1. The van der Waals surface area contributed by atoms with Gasteiger partial charge in [0.1, 0.15) is 0 Å². The maximum absolute atomic E-state index is 11.0. The van der Waals surface area contributed by atoms with Crippen LogP contribution in [0.25, 0.3) is 32.9 Å². The third kappa shape index (κ3) is 9.60. The number of carbonyl (C=O) groups is 1. The number of aromatic nitrogens is 1. The molecule has 3 aromatic carbocycles. The Hall–Kier alpha value is -2.81. The SMILES string of the molecule is CC(C)C(=O)/C=C(\O)C(C)C.Cc1cc(C)c2c(C3CCC4(CC3)CCC(C)(C)CC4)cc(-c3[c-]c4ccccc4c(C(C)(C)C)c3)nc2c1.[Ir]. The molecule has 2 fully saturated rings. The normalized spacial score (nSPS) is 17.8. The van der Waals surface area contributed by atoms with Gasteiger partial charge in [-0.25, -0.2) is 0 Å². The summed E-state index contributed by atoms with van der Waals surface area (Å²) in [6.45, 7) is 23.7. The van der Waals surface area contributed by atoms with Crippen LogP contribution in [-0.4, -0.2) is 15.9 Å². The van der Waals surface area contributed by atoms with Crippen LogP contribution in [0.3, 0.4) is 0 Å². The Balaban J connectivity index is 0.000000423. The Labute approximate surface area is 322 Å². The fourth-order valence-corrected chi connectivity index (χ4v) is 8.22. The van der Waals surface area contributed by atoms with Gasteiger partial charge in [0.2, 0.25) is 0 Å². The van der Waals surface area contributed by atoms with E-state index in [1.807, 2.05) is 27.7 Å². The average molecular weight is 865 g/mol. The van der Waals surface area contributed by atoms with E-state index in [0.29, 0.717) is 16.7 Å². The predicted octanol–water partition coefficient (Wildman–Crippen LogP) is 13.3. The number of nitrogens with zero attached hydrogens (tertiary/aromatic N) is 1. The number of rotatable bonds is 5. The average Bonchev–Trinajstić information content (AvgIpc) is 3.05. The second-order valence-electron chi connectivity index (χ2n) is 18.2. The van der Waals surface area contributed by atoms with Gasteiger partial charge in [-0.05, 0) is 110 Å². The molecule has 3 nitrogen and oxygen atoms in total. The molecule has 1 N–H and O–H groups in total. The maximum Gasteiger partial charge on any atom is 0.161 e. The summed E-state index contributed by atoms with van der Waals surface area (Å²) < 4.78 is 0. The van der Waals surface area contributed by atoms with Gasteiger partial charge in [0.25, 0.3) is 0 Å². The molecule has 4 aromatic rings. The zero-order chi connectivity index (χ0) is 36.6. The van der Waals surface area contributed by atoms with E-state index in [-0.39, 0.29) is 48.9 Å². The summed E-state index contributed by atoms with van der Waals surface area (Å²) in [6.07, 6.45) is 12.3. The Bertz CT molecular complexity index is 1870. The van der Waals surface area contributed by atoms with Gasteiger partial charge in [0.05, 0.1) is 11.3 Å². The molecular formula is C47H62IrNO2-. The van der Waals surface area contributed by atoms with Gasteiger partial charge in [-0.1, -0.05) is 104 Å². The smallest absolute Gasteiger partial charge is 0.161 e. The second-order valence-corrected chi connectivity index (χ2v) is 18.2. The summed E-state index contributed by atoms with van der Waals surface area (Å²) in [5.41, 5.74) is 10.1. The number of hydrogen-bond donors (Lipinski definition) is 1. The fraction of sp³-hybridized carbons (Fsp3) is 0.532. The number of ketones is 1. The molecule has 2 saturated carbocycles. The van der Waals surface area contributed by atoms with Gasteiger partial charge in [-0.15, -0.1) is 29.1 Å². The zero-order valence-corrected chi connectivity index (χ0v) is 35.6. The minimum atomic E-state index is -0.0316. The quantitative estimate of drug-likeness (QED) is 0.124. The van der Waals surface area contributed by atoms with Crippen LogP contribution in [0, 0.1) is 42.6 Å². The molecule has 277 valence electrons. The van der Waals surface area contributed by atoms with Crippen molar-refractivity contribution in [1.29, 1.82) is 0 Å². The van der Waals surface area contributed by atoms with Crippen LogP contribution >= 0.6 is 0 Å². The van der Waals surface area contributed by atoms with Crippen LogP contribution in [0.15, 0.2) is 60.4 Å². The number of fused-ring (bicyclic) bond motifs is 2.